The molecule has 0 aliphatic rings. The molecule has 0 amide bonds. The molecular weight excluding hydrogens is 613 g/mol. The highest BCUT2D eigenvalue weighted by atomic mass is 16.3. The van der Waals surface area contributed by atoms with Crippen molar-refractivity contribution in [1.29, 1.82) is 0 Å². The zero-order valence-corrected chi connectivity index (χ0v) is 26.9. The molecule has 0 aliphatic heterocycles. The van der Waals surface area contributed by atoms with Crippen LogP contribution in [0, 0.1) is 0 Å². The Balaban J connectivity index is 1.21. The largest absolute Gasteiger partial charge is 0.455 e. The molecule has 3 aromatic heterocycles. The van der Waals surface area contributed by atoms with Crippen LogP contribution < -0.4 is 0 Å². The highest BCUT2D eigenvalue weighted by Crippen LogP contribution is 2.41. The third-order valence-corrected chi connectivity index (χ3v) is 9.50. The molecule has 0 radical (unpaired) electrons. The zero-order valence-electron chi connectivity index (χ0n) is 26.9. The molecule has 10 aromatic rings. The van der Waals surface area contributed by atoms with Gasteiger partial charge in [0.05, 0.1) is 0 Å². The van der Waals surface area contributed by atoms with E-state index in [1.807, 2.05) is 36.4 Å². The topological polar surface area (TPSA) is 52.1 Å². The minimum Gasteiger partial charge on any atom is -0.455 e. The van der Waals surface area contributed by atoms with Gasteiger partial charge in [0, 0.05) is 32.8 Å². The van der Waals surface area contributed by atoms with Crippen LogP contribution in [0.25, 0.3) is 100 Å². The molecule has 0 unspecified atom stereocenters. The van der Waals surface area contributed by atoms with Crippen LogP contribution in [0.4, 0.5) is 0 Å². The Morgan fingerprint density at radius 3 is 1.70 bits per heavy atom. The van der Waals surface area contributed by atoms with E-state index in [1.165, 1.54) is 0 Å². The molecule has 0 fully saturated rings. The highest BCUT2D eigenvalue weighted by Gasteiger charge is 2.20. The molecule has 7 aromatic carbocycles. The minimum atomic E-state index is 0.642. The van der Waals surface area contributed by atoms with Gasteiger partial charge in [-0.25, -0.2) is 9.97 Å². The number of nitrogens with zero attached hydrogens (tertiary/aromatic N) is 2. The first-order valence-corrected chi connectivity index (χ1v) is 16.7. The molecule has 0 bridgehead atoms. The number of aromatic nitrogens is 2. The summed E-state index contributed by atoms with van der Waals surface area (Å²) in [7, 11) is 0. The average Bonchev–Trinajstić information content (AvgIpc) is 3.76. The van der Waals surface area contributed by atoms with E-state index in [2.05, 4.69) is 133 Å². The lowest BCUT2D eigenvalue weighted by Gasteiger charge is -2.09. The predicted molar refractivity (Wildman–Crippen MR) is 204 cm³/mol. The number of benzene rings is 7. The van der Waals surface area contributed by atoms with Crippen LogP contribution in [-0.2, 0) is 0 Å². The summed E-state index contributed by atoms with van der Waals surface area (Å²) >= 11 is 0. The van der Waals surface area contributed by atoms with E-state index in [0.29, 0.717) is 11.4 Å². The molecule has 3 heterocycles. The maximum Gasteiger partial charge on any atom is 0.180 e. The Morgan fingerprint density at radius 1 is 0.340 bits per heavy atom. The quantitative estimate of drug-likeness (QED) is 0.188. The van der Waals surface area contributed by atoms with Gasteiger partial charge in [-0.2, -0.15) is 0 Å². The summed E-state index contributed by atoms with van der Waals surface area (Å²) in [5.74, 6) is 0.642. The average molecular weight is 641 g/mol. The number of hydrogen-bond acceptors (Lipinski definition) is 4. The van der Waals surface area contributed by atoms with Crippen molar-refractivity contribution >= 4 is 44.0 Å². The number of para-hydroxylation sites is 2. The van der Waals surface area contributed by atoms with Gasteiger partial charge in [-0.05, 0) is 58.1 Å². The molecule has 50 heavy (non-hydrogen) atoms. The van der Waals surface area contributed by atoms with Gasteiger partial charge >= 0.3 is 0 Å². The van der Waals surface area contributed by atoms with Crippen LogP contribution >= 0.6 is 0 Å². The summed E-state index contributed by atoms with van der Waals surface area (Å²) in [6.07, 6.45) is 0. The second kappa shape index (κ2) is 11.4. The molecule has 4 nitrogen and oxygen atoms in total. The highest BCUT2D eigenvalue weighted by molar-refractivity contribution is 6.12. The molecular formula is C46H28N2O2. The van der Waals surface area contributed by atoms with Crippen LogP contribution in [0.3, 0.4) is 0 Å². The second-order valence-electron chi connectivity index (χ2n) is 12.6. The first kappa shape index (κ1) is 28.3. The van der Waals surface area contributed by atoms with E-state index in [0.717, 1.165) is 88.6 Å². The zero-order chi connectivity index (χ0) is 33.0. The Kier molecular flexibility index (Phi) is 6.46. The fourth-order valence-corrected chi connectivity index (χ4v) is 7.06. The smallest absolute Gasteiger partial charge is 0.180 e. The van der Waals surface area contributed by atoms with Crippen molar-refractivity contribution in [2.24, 2.45) is 0 Å². The van der Waals surface area contributed by atoms with Crippen LogP contribution in [0.2, 0.25) is 0 Å². The number of fused-ring (bicyclic) bond motifs is 6. The van der Waals surface area contributed by atoms with E-state index in [-0.39, 0.29) is 0 Å². The third-order valence-electron chi connectivity index (χ3n) is 9.50. The van der Waals surface area contributed by atoms with Crippen molar-refractivity contribution in [1.82, 2.24) is 9.97 Å². The van der Waals surface area contributed by atoms with E-state index in [9.17, 15) is 0 Å². The normalized spacial score (nSPS) is 11.6. The standard InChI is InChI=1S/C46H28N2O2/c1-3-12-29(13-4-1)31-16-9-18-34(26-31)42-45-43(48-46(47-42)35-19-10-17-32(27-35)30-14-5-2-6-15-30)39-28-33(24-25-41(39)50-45)36-21-11-22-38-37-20-7-8-23-40(37)49-44(36)38/h1-28H. The minimum absolute atomic E-state index is 0.642. The monoisotopic (exact) mass is 640 g/mol. The Morgan fingerprint density at radius 2 is 0.920 bits per heavy atom. The van der Waals surface area contributed by atoms with Gasteiger partial charge in [0.1, 0.15) is 28.0 Å². The van der Waals surface area contributed by atoms with Gasteiger partial charge in [0.15, 0.2) is 11.4 Å². The Bertz CT molecular complexity index is 2870. The second-order valence-corrected chi connectivity index (χ2v) is 12.6. The maximum absolute atomic E-state index is 6.65. The molecule has 0 spiro atoms. The molecule has 0 N–H and O–H groups in total. The van der Waals surface area contributed by atoms with Crippen LogP contribution in [0.15, 0.2) is 179 Å². The molecule has 0 atom stereocenters. The maximum atomic E-state index is 6.65. The van der Waals surface area contributed by atoms with Crippen LogP contribution in [-0.4, -0.2) is 9.97 Å². The van der Waals surface area contributed by atoms with Crippen LogP contribution in [0.5, 0.6) is 0 Å². The number of rotatable bonds is 5. The van der Waals surface area contributed by atoms with E-state index in [4.69, 9.17) is 18.8 Å². The van der Waals surface area contributed by atoms with E-state index < -0.39 is 0 Å². The van der Waals surface area contributed by atoms with Crippen molar-refractivity contribution in [3.63, 3.8) is 0 Å². The molecule has 4 heteroatoms. The van der Waals surface area contributed by atoms with E-state index >= 15 is 0 Å². The lowest BCUT2D eigenvalue weighted by Crippen LogP contribution is -1.94. The molecule has 0 aliphatic carbocycles. The van der Waals surface area contributed by atoms with Gasteiger partial charge < -0.3 is 8.83 Å². The van der Waals surface area contributed by atoms with Crippen molar-refractivity contribution < 1.29 is 8.83 Å². The third kappa shape index (κ3) is 4.69. The molecule has 0 saturated heterocycles. The molecule has 10 rings (SSSR count). The SMILES string of the molecule is c1ccc(-c2cccc(-c3nc(-c4cccc(-c5ccccc5)c4)c4oc5ccc(-c6cccc7c6oc6ccccc67)cc5c4n3)c2)cc1. The van der Waals surface area contributed by atoms with Gasteiger partial charge in [0.25, 0.3) is 0 Å². The summed E-state index contributed by atoms with van der Waals surface area (Å²) in [6.45, 7) is 0. The first-order chi connectivity index (χ1) is 24.8. The first-order valence-electron chi connectivity index (χ1n) is 16.7. The fourth-order valence-electron chi connectivity index (χ4n) is 7.06. The number of furan rings is 2. The van der Waals surface area contributed by atoms with Gasteiger partial charge in [-0.15, -0.1) is 0 Å². The van der Waals surface area contributed by atoms with Gasteiger partial charge in [0.2, 0.25) is 0 Å². The lowest BCUT2D eigenvalue weighted by atomic mass is 9.99. The summed E-state index contributed by atoms with van der Waals surface area (Å²) in [5.41, 5.74) is 13.1. The fraction of sp³-hybridized carbons (Fsp3) is 0. The summed E-state index contributed by atoms with van der Waals surface area (Å²) in [5, 5.41) is 3.13. The van der Waals surface area contributed by atoms with Crippen molar-refractivity contribution in [2.45, 2.75) is 0 Å². The Hall–Kier alpha value is -6.78. The molecule has 234 valence electrons. The summed E-state index contributed by atoms with van der Waals surface area (Å²) in [6, 6.07) is 58.5. The van der Waals surface area contributed by atoms with Gasteiger partial charge in [-0.1, -0.05) is 140 Å². The lowest BCUT2D eigenvalue weighted by molar-refractivity contribution is 0.667. The van der Waals surface area contributed by atoms with Crippen molar-refractivity contribution in [3.05, 3.63) is 170 Å². The van der Waals surface area contributed by atoms with Gasteiger partial charge in [-0.3, -0.25) is 0 Å². The number of hydrogen-bond donors (Lipinski definition) is 0. The predicted octanol–water partition coefficient (Wildman–Crippen LogP) is 12.6. The summed E-state index contributed by atoms with van der Waals surface area (Å²) < 4.78 is 13.1. The van der Waals surface area contributed by atoms with Crippen molar-refractivity contribution in [2.75, 3.05) is 0 Å². The van der Waals surface area contributed by atoms with E-state index in [1.54, 1.807) is 0 Å². The van der Waals surface area contributed by atoms with Crippen LogP contribution in [0.1, 0.15) is 0 Å². The molecule has 0 saturated carbocycles. The summed E-state index contributed by atoms with van der Waals surface area (Å²) in [4.78, 5) is 10.5. The Labute approximate surface area is 287 Å². The van der Waals surface area contributed by atoms with Crippen molar-refractivity contribution in [3.8, 4) is 56.0 Å².